The van der Waals surface area contributed by atoms with Gasteiger partial charge in [0.15, 0.2) is 15.1 Å². The topological polar surface area (TPSA) is 61.2 Å². The Morgan fingerprint density at radius 2 is 1.94 bits per heavy atom. The smallest absolute Gasteiger partial charge is 0.198 e. The first-order valence-electron chi connectivity index (χ1n) is 5.79. The van der Waals surface area contributed by atoms with Crippen LogP contribution in [0.15, 0.2) is 17.0 Å². The molecule has 2 unspecified atom stereocenters. The van der Waals surface area contributed by atoms with Crippen LogP contribution in [0.3, 0.4) is 0 Å². The summed E-state index contributed by atoms with van der Waals surface area (Å²) in [6.45, 7) is 5.65. The molecule has 0 saturated heterocycles. The summed E-state index contributed by atoms with van der Waals surface area (Å²) >= 11 is 0. The zero-order valence-electron chi connectivity index (χ0n) is 10.9. The van der Waals surface area contributed by atoms with E-state index < -0.39 is 15.1 Å². The van der Waals surface area contributed by atoms with Gasteiger partial charge in [0.25, 0.3) is 0 Å². The minimum absolute atomic E-state index is 0.276. The van der Waals surface area contributed by atoms with E-state index in [1.54, 1.807) is 19.1 Å². The third-order valence-electron chi connectivity index (χ3n) is 3.83. The Kier molecular flexibility index (Phi) is 2.86. The maximum Gasteiger partial charge on any atom is 0.198 e. The van der Waals surface area contributed by atoms with E-state index in [1.807, 2.05) is 31.9 Å². The summed E-state index contributed by atoms with van der Waals surface area (Å²) in [6.07, 6.45) is 0. The highest BCUT2D eigenvalue weighted by Crippen LogP contribution is 2.39. The van der Waals surface area contributed by atoms with Crippen LogP contribution in [0.2, 0.25) is 0 Å². The molecule has 96 valence electrons. The highest BCUT2D eigenvalue weighted by molar-refractivity contribution is 7.92. The van der Waals surface area contributed by atoms with Crippen LogP contribution in [0.5, 0.6) is 0 Å². The van der Waals surface area contributed by atoms with Gasteiger partial charge in [0.2, 0.25) is 0 Å². The standard InChI is InChI=1S/C13H16N2O2S/c1-8-5-6-11-13(9(8)2)15(4)10(3)12(7-14)18(11,16)17/h5-6,10,12H,1-4H3. The zero-order valence-corrected chi connectivity index (χ0v) is 11.7. The lowest BCUT2D eigenvalue weighted by Gasteiger charge is -2.37. The van der Waals surface area contributed by atoms with E-state index in [2.05, 4.69) is 0 Å². The van der Waals surface area contributed by atoms with Crippen molar-refractivity contribution in [2.75, 3.05) is 11.9 Å². The zero-order chi connectivity index (χ0) is 13.7. The lowest BCUT2D eigenvalue weighted by molar-refractivity contribution is 0.562. The van der Waals surface area contributed by atoms with Gasteiger partial charge in [0.1, 0.15) is 0 Å². The predicted molar refractivity (Wildman–Crippen MR) is 70.4 cm³/mol. The van der Waals surface area contributed by atoms with Crippen LogP contribution < -0.4 is 4.90 Å². The summed E-state index contributed by atoms with van der Waals surface area (Å²) in [5.41, 5.74) is 2.74. The normalized spacial score (nSPS) is 25.4. The number of sulfone groups is 1. The quantitative estimate of drug-likeness (QED) is 0.717. The summed E-state index contributed by atoms with van der Waals surface area (Å²) in [6, 6.07) is 4.99. The summed E-state index contributed by atoms with van der Waals surface area (Å²) in [7, 11) is -1.71. The van der Waals surface area contributed by atoms with Crippen molar-refractivity contribution in [3.63, 3.8) is 0 Å². The second kappa shape index (κ2) is 3.99. The number of benzene rings is 1. The van der Waals surface area contributed by atoms with Gasteiger partial charge in [-0.25, -0.2) is 8.42 Å². The van der Waals surface area contributed by atoms with E-state index in [0.29, 0.717) is 0 Å². The fourth-order valence-corrected chi connectivity index (χ4v) is 4.36. The van der Waals surface area contributed by atoms with Crippen LogP contribution in [0.25, 0.3) is 0 Å². The molecule has 2 atom stereocenters. The SMILES string of the molecule is Cc1ccc2c(c1C)N(C)C(C)C(C#N)S2(=O)=O. The third kappa shape index (κ3) is 1.52. The number of rotatable bonds is 0. The number of anilines is 1. The van der Waals surface area contributed by atoms with Gasteiger partial charge < -0.3 is 4.90 Å². The number of aryl methyl sites for hydroxylation is 1. The number of hydrogen-bond acceptors (Lipinski definition) is 4. The number of hydrogen-bond donors (Lipinski definition) is 0. The summed E-state index contributed by atoms with van der Waals surface area (Å²) < 4.78 is 24.8. The Labute approximate surface area is 108 Å². The van der Waals surface area contributed by atoms with Crippen molar-refractivity contribution in [3.05, 3.63) is 23.3 Å². The van der Waals surface area contributed by atoms with E-state index in [9.17, 15) is 8.42 Å². The first-order chi connectivity index (χ1) is 8.32. The van der Waals surface area contributed by atoms with Crippen molar-refractivity contribution in [1.82, 2.24) is 0 Å². The van der Waals surface area contributed by atoms with Gasteiger partial charge >= 0.3 is 0 Å². The molecule has 0 fully saturated rings. The van der Waals surface area contributed by atoms with E-state index in [4.69, 9.17) is 5.26 Å². The van der Waals surface area contributed by atoms with Crippen LogP contribution in [0.4, 0.5) is 5.69 Å². The molecule has 0 N–H and O–H groups in total. The van der Waals surface area contributed by atoms with Crippen LogP contribution in [-0.2, 0) is 9.84 Å². The molecule has 5 heteroatoms. The maximum absolute atomic E-state index is 12.4. The minimum Gasteiger partial charge on any atom is -0.368 e. The molecule has 0 radical (unpaired) electrons. The van der Waals surface area contributed by atoms with E-state index >= 15 is 0 Å². The highest BCUT2D eigenvalue weighted by Gasteiger charge is 2.42. The maximum atomic E-state index is 12.4. The molecular weight excluding hydrogens is 248 g/mol. The Bertz CT molecular complexity index is 644. The average Bonchev–Trinajstić information content (AvgIpc) is 2.30. The van der Waals surface area contributed by atoms with Crippen LogP contribution >= 0.6 is 0 Å². The van der Waals surface area contributed by atoms with Gasteiger partial charge in [-0.15, -0.1) is 0 Å². The predicted octanol–water partition coefficient (Wildman–Crippen LogP) is 1.81. The molecule has 0 amide bonds. The average molecular weight is 264 g/mol. The number of fused-ring (bicyclic) bond motifs is 1. The third-order valence-corrected chi connectivity index (χ3v) is 5.95. The van der Waals surface area contributed by atoms with Crippen molar-refractivity contribution in [3.8, 4) is 6.07 Å². The molecule has 0 aliphatic carbocycles. The number of nitrogens with zero attached hydrogens (tertiary/aromatic N) is 2. The second-order valence-corrected chi connectivity index (χ2v) is 6.84. The Morgan fingerprint density at radius 3 is 2.50 bits per heavy atom. The van der Waals surface area contributed by atoms with Crippen molar-refractivity contribution >= 4 is 15.5 Å². The summed E-state index contributed by atoms with van der Waals surface area (Å²) in [5.74, 6) is 0. The minimum atomic E-state index is -3.56. The van der Waals surface area contributed by atoms with Gasteiger partial charge in [0.05, 0.1) is 22.7 Å². The summed E-state index contributed by atoms with van der Waals surface area (Å²) in [4.78, 5) is 2.17. The van der Waals surface area contributed by atoms with Crippen molar-refractivity contribution < 1.29 is 8.42 Å². The molecule has 0 bridgehead atoms. The van der Waals surface area contributed by atoms with Gasteiger partial charge in [-0.1, -0.05) is 6.07 Å². The van der Waals surface area contributed by atoms with Crippen molar-refractivity contribution in [2.45, 2.75) is 37.0 Å². The molecule has 0 saturated carbocycles. The fraction of sp³-hybridized carbons (Fsp3) is 0.462. The summed E-state index contributed by atoms with van der Waals surface area (Å²) in [5, 5.41) is 8.11. The van der Waals surface area contributed by atoms with Gasteiger partial charge in [-0.2, -0.15) is 5.26 Å². The molecular formula is C13H16N2O2S. The molecule has 1 aliphatic heterocycles. The molecule has 1 aromatic rings. The Hall–Kier alpha value is -1.54. The van der Waals surface area contributed by atoms with Gasteiger partial charge in [-0.05, 0) is 38.0 Å². The van der Waals surface area contributed by atoms with Crippen LogP contribution in [0.1, 0.15) is 18.1 Å². The largest absolute Gasteiger partial charge is 0.368 e. The molecule has 1 aliphatic rings. The molecule has 1 heterocycles. The molecule has 0 spiro atoms. The molecule has 4 nitrogen and oxygen atoms in total. The van der Waals surface area contributed by atoms with E-state index in [1.165, 1.54) is 0 Å². The van der Waals surface area contributed by atoms with Gasteiger partial charge in [0, 0.05) is 7.05 Å². The number of nitriles is 1. The molecule has 2 rings (SSSR count). The van der Waals surface area contributed by atoms with E-state index in [0.717, 1.165) is 16.8 Å². The molecule has 1 aromatic carbocycles. The molecule has 18 heavy (non-hydrogen) atoms. The van der Waals surface area contributed by atoms with Crippen molar-refractivity contribution in [1.29, 1.82) is 5.26 Å². The van der Waals surface area contributed by atoms with Crippen molar-refractivity contribution in [2.24, 2.45) is 0 Å². The lowest BCUT2D eigenvalue weighted by atomic mass is 10.1. The van der Waals surface area contributed by atoms with Crippen LogP contribution in [-0.4, -0.2) is 26.8 Å². The fourth-order valence-electron chi connectivity index (χ4n) is 2.42. The highest BCUT2D eigenvalue weighted by atomic mass is 32.2. The monoisotopic (exact) mass is 264 g/mol. The second-order valence-electron chi connectivity index (χ2n) is 4.80. The lowest BCUT2D eigenvalue weighted by Crippen LogP contribution is -2.47. The Morgan fingerprint density at radius 1 is 1.33 bits per heavy atom. The Balaban J connectivity index is 2.84. The van der Waals surface area contributed by atoms with Crippen LogP contribution in [0, 0.1) is 25.2 Å². The first kappa shape index (κ1) is 12.9. The molecule has 0 aromatic heterocycles. The first-order valence-corrected chi connectivity index (χ1v) is 7.33. The van der Waals surface area contributed by atoms with Gasteiger partial charge in [-0.3, -0.25) is 0 Å². The van der Waals surface area contributed by atoms with E-state index in [-0.39, 0.29) is 10.9 Å².